The summed E-state index contributed by atoms with van der Waals surface area (Å²) in [6.07, 6.45) is 0. The van der Waals surface area contributed by atoms with Gasteiger partial charge in [-0.05, 0) is 24.3 Å². The fraction of sp³-hybridized carbons (Fsp3) is 0.350. The van der Waals surface area contributed by atoms with Gasteiger partial charge in [0.1, 0.15) is 6.54 Å². The Balaban J connectivity index is 1.51. The van der Waals surface area contributed by atoms with E-state index in [1.807, 2.05) is 17.0 Å². The molecule has 1 aliphatic heterocycles. The van der Waals surface area contributed by atoms with Gasteiger partial charge in [0.25, 0.3) is 0 Å². The Kier molecular flexibility index (Phi) is 6.42. The molecule has 1 aliphatic rings. The van der Waals surface area contributed by atoms with Crippen molar-refractivity contribution in [3.05, 3.63) is 53.1 Å². The van der Waals surface area contributed by atoms with E-state index in [0.29, 0.717) is 17.2 Å². The topological polar surface area (TPSA) is 55.2 Å². The highest BCUT2D eigenvalue weighted by Crippen LogP contribution is 2.29. The van der Waals surface area contributed by atoms with Crippen LogP contribution in [0.3, 0.4) is 0 Å². The Bertz CT molecular complexity index is 775. The lowest BCUT2D eigenvalue weighted by Crippen LogP contribution is -3.13. The Hall–Kier alpha value is -2.44. The van der Waals surface area contributed by atoms with Crippen molar-refractivity contribution >= 4 is 23.3 Å². The van der Waals surface area contributed by atoms with Gasteiger partial charge in [-0.15, -0.1) is 0 Å². The van der Waals surface area contributed by atoms with Crippen LogP contribution < -0.4 is 19.7 Å². The number of ether oxygens (including phenoxy) is 2. The van der Waals surface area contributed by atoms with E-state index >= 15 is 0 Å². The van der Waals surface area contributed by atoms with Crippen molar-refractivity contribution < 1.29 is 19.2 Å². The van der Waals surface area contributed by atoms with E-state index in [4.69, 9.17) is 21.1 Å². The van der Waals surface area contributed by atoms with Gasteiger partial charge in [-0.3, -0.25) is 0 Å². The fourth-order valence-corrected chi connectivity index (χ4v) is 3.34. The number of quaternary nitrogens is 1. The lowest BCUT2D eigenvalue weighted by molar-refractivity contribution is -0.917. The molecule has 1 heterocycles. The van der Waals surface area contributed by atoms with Crippen molar-refractivity contribution in [3.63, 3.8) is 0 Å². The van der Waals surface area contributed by atoms with Crippen LogP contribution in [0.5, 0.6) is 11.5 Å². The summed E-state index contributed by atoms with van der Waals surface area (Å²) in [5.41, 5.74) is 1.95. The molecule has 6 nitrogen and oxygen atoms in total. The van der Waals surface area contributed by atoms with E-state index in [0.717, 1.165) is 37.7 Å². The van der Waals surface area contributed by atoms with Crippen LogP contribution in [0, 0.1) is 0 Å². The third-order valence-corrected chi connectivity index (χ3v) is 5.01. The van der Waals surface area contributed by atoms with Crippen LogP contribution in [-0.2, 0) is 6.54 Å². The van der Waals surface area contributed by atoms with Crippen LogP contribution in [0.25, 0.3) is 0 Å². The fourth-order valence-electron chi connectivity index (χ4n) is 3.21. The molecule has 2 N–H and O–H groups in total. The number of anilines is 1. The zero-order chi connectivity index (χ0) is 19.2. The van der Waals surface area contributed by atoms with Gasteiger partial charge >= 0.3 is 6.03 Å². The summed E-state index contributed by atoms with van der Waals surface area (Å²) < 4.78 is 10.5. The number of carbonyl (C=O) groups is 1. The summed E-state index contributed by atoms with van der Waals surface area (Å²) in [6, 6.07) is 13.2. The molecule has 27 heavy (non-hydrogen) atoms. The summed E-state index contributed by atoms with van der Waals surface area (Å²) in [6.45, 7) is 4.23. The number of rotatable bonds is 5. The first-order valence-corrected chi connectivity index (χ1v) is 9.33. The van der Waals surface area contributed by atoms with Crippen LogP contribution in [0.2, 0.25) is 5.02 Å². The molecule has 0 unspecified atom stereocenters. The second-order valence-corrected chi connectivity index (χ2v) is 6.98. The zero-order valence-corrected chi connectivity index (χ0v) is 16.4. The molecule has 0 radical (unpaired) electrons. The number of hydrogen-bond donors (Lipinski definition) is 2. The van der Waals surface area contributed by atoms with Crippen LogP contribution in [0.15, 0.2) is 42.5 Å². The molecule has 2 amide bonds. The Morgan fingerprint density at radius 2 is 1.74 bits per heavy atom. The minimum Gasteiger partial charge on any atom is -0.493 e. The van der Waals surface area contributed by atoms with Gasteiger partial charge in [0.05, 0.1) is 40.4 Å². The lowest BCUT2D eigenvalue weighted by atomic mass is 10.2. The summed E-state index contributed by atoms with van der Waals surface area (Å²) in [5, 5.41) is 3.69. The number of carbonyl (C=O) groups excluding carboxylic acids is 1. The quantitative estimate of drug-likeness (QED) is 0.823. The largest absolute Gasteiger partial charge is 0.493 e. The maximum Gasteiger partial charge on any atom is 0.322 e. The van der Waals surface area contributed by atoms with Crippen LogP contribution in [0.4, 0.5) is 10.5 Å². The maximum absolute atomic E-state index is 12.5. The summed E-state index contributed by atoms with van der Waals surface area (Å²) in [5.74, 6) is 1.22. The third-order valence-electron chi connectivity index (χ3n) is 4.76. The highest BCUT2D eigenvalue weighted by atomic mass is 35.5. The van der Waals surface area contributed by atoms with Crippen molar-refractivity contribution in [3.8, 4) is 11.5 Å². The van der Waals surface area contributed by atoms with Gasteiger partial charge in [-0.2, -0.15) is 0 Å². The molecule has 1 fully saturated rings. The molecule has 0 aliphatic carbocycles. The monoisotopic (exact) mass is 390 g/mol. The Labute approximate surface area is 164 Å². The number of piperazine rings is 1. The normalized spacial score (nSPS) is 14.7. The van der Waals surface area contributed by atoms with Crippen LogP contribution in [0.1, 0.15) is 5.56 Å². The predicted octanol–water partition coefficient (Wildman–Crippen LogP) is 2.29. The van der Waals surface area contributed by atoms with E-state index in [1.165, 1.54) is 10.5 Å². The van der Waals surface area contributed by atoms with Gasteiger partial charge in [0, 0.05) is 22.3 Å². The van der Waals surface area contributed by atoms with E-state index in [-0.39, 0.29) is 6.03 Å². The highest BCUT2D eigenvalue weighted by molar-refractivity contribution is 6.30. The molecule has 2 aromatic carbocycles. The Morgan fingerprint density at radius 1 is 1.07 bits per heavy atom. The molecular weight excluding hydrogens is 366 g/mol. The smallest absolute Gasteiger partial charge is 0.322 e. The molecule has 144 valence electrons. The second kappa shape index (κ2) is 8.97. The number of methoxy groups -OCH3 is 2. The minimum absolute atomic E-state index is 0.0900. The van der Waals surface area contributed by atoms with Crippen molar-refractivity contribution in [2.45, 2.75) is 6.54 Å². The van der Waals surface area contributed by atoms with Crippen molar-refractivity contribution in [2.75, 3.05) is 45.7 Å². The second-order valence-electron chi connectivity index (χ2n) is 6.54. The molecule has 0 spiro atoms. The average Bonchev–Trinajstić information content (AvgIpc) is 2.70. The first-order chi connectivity index (χ1) is 13.1. The highest BCUT2D eigenvalue weighted by Gasteiger charge is 2.24. The summed E-state index contributed by atoms with van der Waals surface area (Å²) in [7, 11) is 3.16. The summed E-state index contributed by atoms with van der Waals surface area (Å²) >= 11 is 5.94. The predicted molar refractivity (Wildman–Crippen MR) is 106 cm³/mol. The molecular formula is C20H25ClN3O3+. The molecule has 0 saturated carbocycles. The van der Waals surface area contributed by atoms with Gasteiger partial charge in [0.15, 0.2) is 11.5 Å². The first-order valence-electron chi connectivity index (χ1n) is 8.95. The molecule has 0 bridgehead atoms. The van der Waals surface area contributed by atoms with Gasteiger partial charge in [0.2, 0.25) is 0 Å². The number of benzene rings is 2. The third kappa shape index (κ3) is 5.05. The van der Waals surface area contributed by atoms with Gasteiger partial charge in [-0.25, -0.2) is 4.79 Å². The average molecular weight is 391 g/mol. The Morgan fingerprint density at radius 3 is 2.37 bits per heavy atom. The molecule has 7 heteroatoms. The van der Waals surface area contributed by atoms with E-state index in [2.05, 4.69) is 17.4 Å². The molecule has 1 saturated heterocycles. The van der Waals surface area contributed by atoms with Crippen molar-refractivity contribution in [1.82, 2.24) is 4.90 Å². The number of amides is 2. The van der Waals surface area contributed by atoms with E-state index in [1.54, 1.807) is 32.4 Å². The molecule has 3 rings (SSSR count). The molecule has 2 aromatic rings. The van der Waals surface area contributed by atoms with Crippen LogP contribution >= 0.6 is 11.6 Å². The van der Waals surface area contributed by atoms with Gasteiger partial charge < -0.3 is 24.6 Å². The molecule has 0 aromatic heterocycles. The SMILES string of the molecule is COc1ccc(NC(=O)N2CC[NH+](Cc3ccc(Cl)cc3)CC2)cc1OC. The van der Waals surface area contributed by atoms with Crippen molar-refractivity contribution in [2.24, 2.45) is 0 Å². The minimum atomic E-state index is -0.0900. The van der Waals surface area contributed by atoms with E-state index < -0.39 is 0 Å². The first kappa shape index (κ1) is 19.3. The maximum atomic E-state index is 12.5. The zero-order valence-electron chi connectivity index (χ0n) is 15.6. The lowest BCUT2D eigenvalue weighted by Gasteiger charge is -2.32. The molecule has 0 atom stereocenters. The number of nitrogens with zero attached hydrogens (tertiary/aromatic N) is 1. The standard InChI is InChI=1S/C20H24ClN3O3/c1-26-18-8-7-17(13-19(18)27-2)22-20(25)24-11-9-23(10-12-24)14-15-3-5-16(21)6-4-15/h3-8,13H,9-12,14H2,1-2H3,(H,22,25)/p+1. The number of halogens is 1. The van der Waals surface area contributed by atoms with Crippen LogP contribution in [-0.4, -0.2) is 51.3 Å². The van der Waals surface area contributed by atoms with Gasteiger partial charge in [-0.1, -0.05) is 23.7 Å². The number of hydrogen-bond acceptors (Lipinski definition) is 3. The van der Waals surface area contributed by atoms with Crippen molar-refractivity contribution in [1.29, 1.82) is 0 Å². The summed E-state index contributed by atoms with van der Waals surface area (Å²) in [4.78, 5) is 15.9. The number of nitrogens with one attached hydrogen (secondary N) is 2. The van der Waals surface area contributed by atoms with E-state index in [9.17, 15) is 4.79 Å². The number of urea groups is 1.